The Morgan fingerprint density at radius 3 is 2.37 bits per heavy atom. The highest BCUT2D eigenvalue weighted by Gasteiger charge is 2.43. The highest BCUT2D eigenvalue weighted by molar-refractivity contribution is 6.31. The van der Waals surface area contributed by atoms with Gasteiger partial charge in [-0.2, -0.15) is 23.0 Å². The van der Waals surface area contributed by atoms with E-state index in [0.717, 1.165) is 4.68 Å². The second-order valence-corrected chi connectivity index (χ2v) is 10.4. The number of alkyl halides is 3. The van der Waals surface area contributed by atoms with Crippen LogP contribution in [0.25, 0.3) is 0 Å². The first-order valence-electron chi connectivity index (χ1n) is 11.4. The number of esters is 1. The number of nitrogens with zero attached hydrogens (tertiary/aromatic N) is 3. The lowest BCUT2D eigenvalue weighted by atomic mass is 10.0. The van der Waals surface area contributed by atoms with Crippen LogP contribution in [0.2, 0.25) is 5.02 Å². The predicted octanol–water partition coefficient (Wildman–Crippen LogP) is 5.41. The topological polar surface area (TPSA) is 73.7 Å². The van der Waals surface area contributed by atoms with Crippen LogP contribution in [0, 0.1) is 11.8 Å². The molecule has 0 radical (unpaired) electrons. The maximum absolute atomic E-state index is 13.4. The summed E-state index contributed by atoms with van der Waals surface area (Å²) in [4.78, 5) is 26.7. The van der Waals surface area contributed by atoms with E-state index in [-0.39, 0.29) is 46.9 Å². The van der Waals surface area contributed by atoms with Gasteiger partial charge in [0.1, 0.15) is 5.60 Å². The van der Waals surface area contributed by atoms with Gasteiger partial charge in [-0.1, -0.05) is 23.7 Å². The van der Waals surface area contributed by atoms with Crippen molar-refractivity contribution in [1.82, 2.24) is 14.7 Å². The number of hydrogen-bond donors (Lipinski definition) is 0. The number of aromatic nitrogens is 2. The average Bonchev–Trinajstić information content (AvgIpc) is 3.44. The molecule has 2 fully saturated rings. The van der Waals surface area contributed by atoms with Crippen molar-refractivity contribution in [3.63, 3.8) is 0 Å². The van der Waals surface area contributed by atoms with E-state index < -0.39 is 23.3 Å². The molecule has 0 bridgehead atoms. The molecule has 1 unspecified atom stereocenters. The van der Waals surface area contributed by atoms with Gasteiger partial charge in [-0.05, 0) is 63.1 Å². The van der Waals surface area contributed by atoms with E-state index in [1.165, 1.54) is 30.5 Å². The summed E-state index contributed by atoms with van der Waals surface area (Å²) < 4.78 is 52.3. The summed E-state index contributed by atoms with van der Waals surface area (Å²) in [5, 5.41) is 3.73. The summed E-state index contributed by atoms with van der Waals surface area (Å²) >= 11 is 5.78. The Bertz CT molecular complexity index is 1100. The zero-order valence-electron chi connectivity index (χ0n) is 19.6. The third-order valence-corrected chi connectivity index (χ3v) is 6.54. The molecule has 2 aromatic rings. The van der Waals surface area contributed by atoms with Crippen molar-refractivity contribution in [2.24, 2.45) is 11.8 Å². The molecule has 2 heterocycles. The second kappa shape index (κ2) is 9.46. The number of carbonyl (C=O) groups is 2. The molecule has 1 saturated carbocycles. The van der Waals surface area contributed by atoms with Gasteiger partial charge in [0, 0.05) is 19.3 Å². The fraction of sp³-hybridized carbons (Fsp3) is 0.542. The Hall–Kier alpha value is -2.59. The number of rotatable bonds is 4. The van der Waals surface area contributed by atoms with Crippen LogP contribution >= 0.6 is 11.6 Å². The third kappa shape index (κ3) is 5.81. The van der Waals surface area contributed by atoms with Gasteiger partial charge in [0.25, 0.3) is 0 Å². The van der Waals surface area contributed by atoms with E-state index in [4.69, 9.17) is 21.1 Å². The summed E-state index contributed by atoms with van der Waals surface area (Å²) in [5.74, 6) is -0.228. The molecule has 1 amide bonds. The van der Waals surface area contributed by atoms with E-state index in [2.05, 4.69) is 5.10 Å². The SMILES string of the molecule is CC(C)(C)OC(=O)c1ccn(C(=O)N2C[C@H]3CC(OCc4cccc(Cl)c4C(F)(F)F)C[C@H]3C2)n1. The van der Waals surface area contributed by atoms with Crippen LogP contribution in [0.15, 0.2) is 30.5 Å². The highest BCUT2D eigenvalue weighted by Crippen LogP contribution is 2.41. The van der Waals surface area contributed by atoms with Crippen molar-refractivity contribution in [3.8, 4) is 0 Å². The standard InChI is InChI=1S/C24H27ClF3N3O4/c1-23(2,3)35-21(32)19-7-8-31(29-19)22(33)30-11-15-9-17(10-16(15)12-30)34-13-14-5-4-6-18(25)20(14)24(26,27)28/h4-8,15-17H,9-13H2,1-3H3/t15-,16+,17?. The van der Waals surface area contributed by atoms with Gasteiger partial charge < -0.3 is 14.4 Å². The lowest BCUT2D eigenvalue weighted by Gasteiger charge is -2.20. The minimum atomic E-state index is -4.56. The van der Waals surface area contributed by atoms with Crippen LogP contribution in [0.5, 0.6) is 0 Å². The molecule has 1 saturated heterocycles. The average molecular weight is 514 g/mol. The van der Waals surface area contributed by atoms with Crippen molar-refractivity contribution >= 4 is 23.6 Å². The van der Waals surface area contributed by atoms with E-state index >= 15 is 0 Å². The van der Waals surface area contributed by atoms with Gasteiger partial charge in [0.05, 0.1) is 23.3 Å². The first-order chi connectivity index (χ1) is 16.3. The molecule has 1 aromatic carbocycles. The molecule has 190 valence electrons. The largest absolute Gasteiger partial charge is 0.455 e. The van der Waals surface area contributed by atoms with Crippen LogP contribution in [0.4, 0.5) is 18.0 Å². The number of fused-ring (bicyclic) bond motifs is 1. The van der Waals surface area contributed by atoms with Crippen molar-refractivity contribution in [1.29, 1.82) is 0 Å². The van der Waals surface area contributed by atoms with Crippen molar-refractivity contribution in [3.05, 3.63) is 52.3 Å². The Morgan fingerprint density at radius 1 is 1.11 bits per heavy atom. The van der Waals surface area contributed by atoms with Crippen LogP contribution in [0.1, 0.15) is 55.2 Å². The zero-order chi connectivity index (χ0) is 25.5. The smallest absolute Gasteiger partial charge is 0.418 e. The summed E-state index contributed by atoms with van der Waals surface area (Å²) in [7, 11) is 0. The minimum absolute atomic E-state index is 0.0123. The van der Waals surface area contributed by atoms with Gasteiger partial charge in [-0.25, -0.2) is 9.59 Å². The first-order valence-corrected chi connectivity index (χ1v) is 11.7. The van der Waals surface area contributed by atoms with Crippen LogP contribution in [0.3, 0.4) is 0 Å². The number of halogens is 4. The van der Waals surface area contributed by atoms with Crippen molar-refractivity contribution in [2.45, 2.75) is 58.1 Å². The lowest BCUT2D eigenvalue weighted by Crippen LogP contribution is -2.34. The van der Waals surface area contributed by atoms with Gasteiger partial charge in [-0.3, -0.25) is 0 Å². The molecule has 7 nitrogen and oxygen atoms in total. The molecule has 35 heavy (non-hydrogen) atoms. The Kier molecular flexibility index (Phi) is 6.89. The number of amides is 1. The quantitative estimate of drug-likeness (QED) is 0.511. The fourth-order valence-electron chi connectivity index (χ4n) is 4.77. The first kappa shape index (κ1) is 25.5. The summed E-state index contributed by atoms with van der Waals surface area (Å²) in [6.45, 7) is 6.06. The van der Waals surface area contributed by atoms with E-state index in [0.29, 0.717) is 25.9 Å². The fourth-order valence-corrected chi connectivity index (χ4v) is 5.07. The molecule has 1 aliphatic heterocycles. The monoisotopic (exact) mass is 513 g/mol. The van der Waals surface area contributed by atoms with E-state index in [9.17, 15) is 22.8 Å². The Labute approximate surface area is 206 Å². The maximum atomic E-state index is 13.4. The van der Waals surface area contributed by atoms with Gasteiger partial charge in [0.2, 0.25) is 0 Å². The molecule has 0 spiro atoms. The number of likely N-dealkylation sites (tertiary alicyclic amines) is 1. The maximum Gasteiger partial charge on any atom is 0.418 e. The van der Waals surface area contributed by atoms with Crippen LogP contribution in [-0.2, 0) is 22.3 Å². The van der Waals surface area contributed by atoms with Crippen molar-refractivity contribution in [2.75, 3.05) is 13.1 Å². The molecule has 11 heteroatoms. The van der Waals surface area contributed by atoms with E-state index in [1.54, 1.807) is 25.7 Å². The molecule has 4 rings (SSSR count). The number of hydrogen-bond acceptors (Lipinski definition) is 5. The third-order valence-electron chi connectivity index (χ3n) is 6.23. The normalized spacial score (nSPS) is 22.4. The van der Waals surface area contributed by atoms with E-state index in [1.807, 2.05) is 0 Å². The summed E-state index contributed by atoms with van der Waals surface area (Å²) in [6.07, 6.45) is -2.01. The number of carbonyl (C=O) groups excluding carboxylic acids is 2. The molecule has 1 aliphatic carbocycles. The van der Waals surface area contributed by atoms with Gasteiger partial charge in [-0.15, -0.1) is 0 Å². The van der Waals surface area contributed by atoms with Gasteiger partial charge in [0.15, 0.2) is 5.69 Å². The van der Waals surface area contributed by atoms with Crippen molar-refractivity contribution < 1.29 is 32.2 Å². The molecule has 0 N–H and O–H groups in total. The summed E-state index contributed by atoms with van der Waals surface area (Å²) in [5.41, 5.74) is -1.46. The predicted molar refractivity (Wildman–Crippen MR) is 121 cm³/mol. The molecule has 1 aromatic heterocycles. The molecule has 3 atom stereocenters. The van der Waals surface area contributed by atoms with Gasteiger partial charge >= 0.3 is 18.2 Å². The highest BCUT2D eigenvalue weighted by atomic mass is 35.5. The number of ether oxygens (including phenoxy) is 2. The lowest BCUT2D eigenvalue weighted by molar-refractivity contribution is -0.139. The Balaban J connectivity index is 1.31. The minimum Gasteiger partial charge on any atom is -0.455 e. The molecular weight excluding hydrogens is 487 g/mol. The Morgan fingerprint density at radius 2 is 1.77 bits per heavy atom. The molecular formula is C24H27ClF3N3O4. The zero-order valence-corrected chi connectivity index (χ0v) is 20.4. The summed E-state index contributed by atoms with van der Waals surface area (Å²) in [6, 6.07) is 5.18. The second-order valence-electron chi connectivity index (χ2n) is 10.0. The number of benzene rings is 1. The van der Waals surface area contributed by atoms with Crippen LogP contribution in [-0.4, -0.2) is 51.5 Å². The molecule has 2 aliphatic rings. The van der Waals surface area contributed by atoms with Crippen LogP contribution < -0.4 is 0 Å².